The number of ether oxygens (including phenoxy) is 1. The molecule has 330 valence electrons. The van der Waals surface area contributed by atoms with Gasteiger partial charge in [-0.2, -0.15) is 0 Å². The number of carbonyl (C=O) groups is 2. The first-order valence-electron chi connectivity index (χ1n) is 24.1. The maximum atomic E-state index is 13.1. The molecule has 0 aromatic carbocycles. The van der Waals surface area contributed by atoms with Crippen molar-refractivity contribution in [3.8, 4) is 0 Å². The summed E-state index contributed by atoms with van der Waals surface area (Å²) in [5, 5.41) is 23.6. The van der Waals surface area contributed by atoms with Crippen LogP contribution in [0.3, 0.4) is 0 Å². The monoisotopic (exact) mass is 798 g/mol. The summed E-state index contributed by atoms with van der Waals surface area (Å²) in [7, 11) is 0. The van der Waals surface area contributed by atoms with E-state index in [-0.39, 0.29) is 24.9 Å². The van der Waals surface area contributed by atoms with E-state index < -0.39 is 18.2 Å². The van der Waals surface area contributed by atoms with Crippen LogP contribution in [0, 0.1) is 0 Å². The number of carbonyl (C=O) groups excluding carboxylic acids is 2. The van der Waals surface area contributed by atoms with Gasteiger partial charge >= 0.3 is 5.97 Å². The summed E-state index contributed by atoms with van der Waals surface area (Å²) in [6.45, 7) is 6.31. The predicted molar refractivity (Wildman–Crippen MR) is 245 cm³/mol. The van der Waals surface area contributed by atoms with Gasteiger partial charge in [0.25, 0.3) is 0 Å². The zero-order valence-corrected chi connectivity index (χ0v) is 37.5. The van der Waals surface area contributed by atoms with E-state index in [0.717, 1.165) is 77.0 Å². The van der Waals surface area contributed by atoms with E-state index in [0.29, 0.717) is 19.3 Å². The Bertz CT molecular complexity index is 1030. The molecule has 0 heterocycles. The zero-order valence-electron chi connectivity index (χ0n) is 37.5. The highest BCUT2D eigenvalue weighted by molar-refractivity contribution is 5.77. The van der Waals surface area contributed by atoms with Crippen molar-refractivity contribution in [1.82, 2.24) is 5.32 Å². The summed E-state index contributed by atoms with van der Waals surface area (Å²) in [6.07, 6.45) is 54.2. The lowest BCUT2D eigenvalue weighted by atomic mass is 10.0. The van der Waals surface area contributed by atoms with Crippen molar-refractivity contribution >= 4 is 11.9 Å². The van der Waals surface area contributed by atoms with Crippen molar-refractivity contribution < 1.29 is 24.5 Å². The zero-order chi connectivity index (χ0) is 41.7. The summed E-state index contributed by atoms with van der Waals surface area (Å²) < 4.78 is 5.89. The number of aliphatic hydroxyl groups excluding tert-OH is 2. The number of allylic oxidation sites excluding steroid dienone is 10. The molecule has 0 aliphatic rings. The van der Waals surface area contributed by atoms with Crippen LogP contribution in [-0.4, -0.2) is 46.9 Å². The van der Waals surface area contributed by atoms with E-state index in [1.54, 1.807) is 0 Å². The lowest BCUT2D eigenvalue weighted by molar-refractivity contribution is -0.151. The molecule has 0 aliphatic heterocycles. The third-order valence-corrected chi connectivity index (χ3v) is 10.7. The van der Waals surface area contributed by atoms with Gasteiger partial charge in [0.1, 0.15) is 6.10 Å². The summed E-state index contributed by atoms with van der Waals surface area (Å²) in [5.74, 6) is -0.530. The molecule has 0 spiro atoms. The van der Waals surface area contributed by atoms with Gasteiger partial charge in [0, 0.05) is 6.42 Å². The molecule has 6 heteroatoms. The first-order valence-corrected chi connectivity index (χ1v) is 24.1. The molecule has 0 aromatic heterocycles. The topological polar surface area (TPSA) is 95.9 Å². The highest BCUT2D eigenvalue weighted by Crippen LogP contribution is 2.17. The molecule has 3 atom stereocenters. The second kappa shape index (κ2) is 44.7. The molecule has 0 saturated heterocycles. The van der Waals surface area contributed by atoms with E-state index >= 15 is 0 Å². The van der Waals surface area contributed by atoms with Gasteiger partial charge in [0.05, 0.1) is 25.2 Å². The maximum absolute atomic E-state index is 13.1. The van der Waals surface area contributed by atoms with Gasteiger partial charge in [0.2, 0.25) is 5.91 Å². The highest BCUT2D eigenvalue weighted by atomic mass is 16.5. The van der Waals surface area contributed by atoms with Gasteiger partial charge in [-0.05, 0) is 70.6 Å². The van der Waals surface area contributed by atoms with Crippen LogP contribution >= 0.6 is 0 Å². The number of hydrogen-bond donors (Lipinski definition) is 3. The predicted octanol–water partition coefficient (Wildman–Crippen LogP) is 14.1. The first kappa shape index (κ1) is 54.6. The lowest BCUT2D eigenvalue weighted by Gasteiger charge is -2.24. The smallest absolute Gasteiger partial charge is 0.306 e. The van der Waals surface area contributed by atoms with Crippen LogP contribution < -0.4 is 5.32 Å². The Morgan fingerprint density at radius 3 is 1.49 bits per heavy atom. The van der Waals surface area contributed by atoms with Crippen molar-refractivity contribution in [2.24, 2.45) is 0 Å². The Hall–Kier alpha value is -2.44. The average Bonchev–Trinajstić information content (AvgIpc) is 3.20. The normalized spacial score (nSPS) is 13.8. The third kappa shape index (κ3) is 40.1. The fourth-order valence-corrected chi connectivity index (χ4v) is 7.02. The molecule has 0 radical (unpaired) electrons. The van der Waals surface area contributed by atoms with Crippen LogP contribution in [0.15, 0.2) is 60.8 Å². The van der Waals surface area contributed by atoms with Gasteiger partial charge in [0.15, 0.2) is 0 Å². The number of amides is 1. The molecule has 1 amide bonds. The molecule has 57 heavy (non-hydrogen) atoms. The van der Waals surface area contributed by atoms with Crippen molar-refractivity contribution in [3.05, 3.63) is 60.8 Å². The van der Waals surface area contributed by atoms with Crippen LogP contribution in [0.1, 0.15) is 226 Å². The number of hydrogen-bond acceptors (Lipinski definition) is 5. The third-order valence-electron chi connectivity index (χ3n) is 10.7. The maximum Gasteiger partial charge on any atom is 0.306 e. The van der Waals surface area contributed by atoms with E-state index in [4.69, 9.17) is 4.74 Å². The quantitative estimate of drug-likeness (QED) is 0.0247. The average molecular weight is 798 g/mol. The molecule has 0 rings (SSSR count). The molecule has 0 aliphatic carbocycles. The minimum Gasteiger partial charge on any atom is -0.462 e. The Labute approximate surface area is 352 Å². The molecule has 6 nitrogen and oxygen atoms in total. The highest BCUT2D eigenvalue weighted by Gasteiger charge is 2.24. The largest absolute Gasteiger partial charge is 0.462 e. The molecular weight excluding hydrogens is 707 g/mol. The van der Waals surface area contributed by atoms with Gasteiger partial charge in [-0.15, -0.1) is 0 Å². The number of esters is 1. The summed E-state index contributed by atoms with van der Waals surface area (Å²) in [4.78, 5) is 26.0. The molecule has 0 saturated carbocycles. The van der Waals surface area contributed by atoms with Crippen molar-refractivity contribution in [2.45, 2.75) is 244 Å². The summed E-state index contributed by atoms with van der Waals surface area (Å²) in [6, 6.07) is -0.712. The van der Waals surface area contributed by atoms with E-state index in [9.17, 15) is 19.8 Å². The van der Waals surface area contributed by atoms with Crippen LogP contribution in [0.2, 0.25) is 0 Å². The van der Waals surface area contributed by atoms with Crippen LogP contribution in [0.25, 0.3) is 0 Å². The molecule has 3 N–H and O–H groups in total. The first-order chi connectivity index (χ1) is 28.0. The molecule has 0 fully saturated rings. The fraction of sp³-hybridized carbons (Fsp3) is 0.765. The SMILES string of the molecule is CC/C=C/C=C/C=C\C=C/CCCCCC(=O)OC(CCCCCCC/C=C/CCCCCCCC)CC(=O)NC(CO)C(O)CCCCCCCCCCCC. The van der Waals surface area contributed by atoms with Gasteiger partial charge in [-0.3, -0.25) is 9.59 Å². The second-order valence-corrected chi connectivity index (χ2v) is 16.2. The van der Waals surface area contributed by atoms with E-state index in [2.05, 4.69) is 56.5 Å². The fourth-order valence-electron chi connectivity index (χ4n) is 7.02. The molecule has 0 bridgehead atoms. The van der Waals surface area contributed by atoms with Crippen LogP contribution in [0.4, 0.5) is 0 Å². The van der Waals surface area contributed by atoms with Crippen molar-refractivity contribution in [3.63, 3.8) is 0 Å². The summed E-state index contributed by atoms with van der Waals surface area (Å²) in [5.41, 5.74) is 0. The number of aliphatic hydroxyl groups is 2. The second-order valence-electron chi connectivity index (χ2n) is 16.2. The Balaban J connectivity index is 4.68. The van der Waals surface area contributed by atoms with E-state index in [1.165, 1.54) is 103 Å². The number of unbranched alkanes of at least 4 members (excludes halogenated alkanes) is 23. The van der Waals surface area contributed by atoms with Gasteiger partial charge in [-0.25, -0.2) is 0 Å². The van der Waals surface area contributed by atoms with Crippen molar-refractivity contribution in [1.29, 1.82) is 0 Å². The molecular formula is C51H91NO5. The Morgan fingerprint density at radius 1 is 0.526 bits per heavy atom. The summed E-state index contributed by atoms with van der Waals surface area (Å²) >= 11 is 0. The van der Waals surface area contributed by atoms with E-state index in [1.807, 2.05) is 30.4 Å². The minimum atomic E-state index is -0.796. The lowest BCUT2D eigenvalue weighted by Crippen LogP contribution is -2.46. The van der Waals surface area contributed by atoms with Crippen molar-refractivity contribution in [2.75, 3.05) is 6.61 Å². The molecule has 0 aromatic rings. The number of rotatable bonds is 42. The standard InChI is InChI=1S/C51H91NO5/c1-4-7-10-13-16-19-22-24-25-27-28-30-33-36-39-42-47(57-51(56)44-41-38-35-32-29-26-23-20-17-14-11-8-5-2)45-50(55)52-48(46-53)49(54)43-40-37-34-31-21-18-15-12-9-6-3/h8,11,14,17,20,23-26,29,47-49,53-54H,4-7,9-10,12-13,15-16,18-19,21-22,27-28,30-46H2,1-3H3,(H,52,55)/b11-8+,17-14+,23-20-,25-24+,29-26-. The minimum absolute atomic E-state index is 0.0546. The van der Waals surface area contributed by atoms with Gasteiger partial charge < -0.3 is 20.3 Å². The van der Waals surface area contributed by atoms with Crippen LogP contribution in [-0.2, 0) is 14.3 Å². The Morgan fingerprint density at radius 2 is 0.965 bits per heavy atom. The Kier molecular flexibility index (Phi) is 42.7. The molecule has 3 unspecified atom stereocenters. The van der Waals surface area contributed by atoms with Crippen LogP contribution in [0.5, 0.6) is 0 Å². The number of nitrogens with one attached hydrogen (secondary N) is 1. The van der Waals surface area contributed by atoms with Gasteiger partial charge in [-0.1, -0.05) is 204 Å².